The minimum absolute atomic E-state index is 0.0114. The monoisotopic (exact) mass is 423 g/mol. The predicted octanol–water partition coefficient (Wildman–Crippen LogP) is 2.80. The van der Waals surface area contributed by atoms with Gasteiger partial charge in [-0.3, -0.25) is 4.79 Å². The third-order valence-electron chi connectivity index (χ3n) is 5.09. The van der Waals surface area contributed by atoms with E-state index in [1.807, 2.05) is 60.3 Å². The minimum Gasteiger partial charge on any atom is -0.394 e. The Morgan fingerprint density at radius 2 is 2.10 bits per heavy atom. The standard InChI is InChI=1S/C22H25N5O2S/c1-26(2)10-6-9-19(29)27-11-16-18(12-27)30-22-20(16)21(23-14-24-22)25-17(13-28)15-7-4-3-5-8-15/h3-9,14,17,28H,10-13H2,1-2H3,(H,23,24,25). The first kappa shape index (κ1) is 20.5. The molecule has 0 saturated carbocycles. The number of amides is 1. The summed E-state index contributed by atoms with van der Waals surface area (Å²) >= 11 is 1.60. The lowest BCUT2D eigenvalue weighted by atomic mass is 10.1. The van der Waals surface area contributed by atoms with E-state index in [0.29, 0.717) is 18.9 Å². The Morgan fingerprint density at radius 3 is 2.83 bits per heavy atom. The molecule has 8 heteroatoms. The Kier molecular flexibility index (Phi) is 6.08. The quantitative estimate of drug-likeness (QED) is 0.569. The second kappa shape index (κ2) is 8.91. The van der Waals surface area contributed by atoms with Crippen LogP contribution in [0.1, 0.15) is 22.0 Å². The van der Waals surface area contributed by atoms with Gasteiger partial charge in [-0.2, -0.15) is 0 Å². The fourth-order valence-corrected chi connectivity index (χ4v) is 4.74. The Hall–Kier alpha value is -2.81. The van der Waals surface area contributed by atoms with Crippen molar-refractivity contribution in [1.29, 1.82) is 0 Å². The van der Waals surface area contributed by atoms with Gasteiger partial charge in [-0.1, -0.05) is 36.4 Å². The molecule has 0 fully saturated rings. The first-order chi connectivity index (χ1) is 14.6. The van der Waals surface area contributed by atoms with Crippen molar-refractivity contribution >= 4 is 33.3 Å². The molecule has 2 aromatic heterocycles. The van der Waals surface area contributed by atoms with Gasteiger partial charge in [0.1, 0.15) is 17.0 Å². The van der Waals surface area contributed by atoms with E-state index in [9.17, 15) is 9.90 Å². The van der Waals surface area contributed by atoms with Crippen molar-refractivity contribution in [1.82, 2.24) is 19.8 Å². The molecule has 1 amide bonds. The molecular formula is C22H25N5O2S. The van der Waals surface area contributed by atoms with Crippen LogP contribution in [0.3, 0.4) is 0 Å². The van der Waals surface area contributed by atoms with Crippen molar-refractivity contribution in [2.75, 3.05) is 32.6 Å². The van der Waals surface area contributed by atoms with Gasteiger partial charge in [0.05, 0.1) is 24.6 Å². The van der Waals surface area contributed by atoms with E-state index < -0.39 is 0 Å². The lowest BCUT2D eigenvalue weighted by Gasteiger charge is -2.18. The summed E-state index contributed by atoms with van der Waals surface area (Å²) < 4.78 is 0. The van der Waals surface area contributed by atoms with E-state index in [1.165, 1.54) is 0 Å². The topological polar surface area (TPSA) is 81.6 Å². The van der Waals surface area contributed by atoms with Crippen LogP contribution in [0, 0.1) is 0 Å². The SMILES string of the molecule is CN(C)CC=CC(=O)N1Cc2sc3ncnc(NC(CO)c4ccccc4)c3c2C1. The molecule has 0 bridgehead atoms. The van der Waals surface area contributed by atoms with Crippen LogP contribution >= 0.6 is 11.3 Å². The molecule has 0 radical (unpaired) electrons. The van der Waals surface area contributed by atoms with Gasteiger partial charge >= 0.3 is 0 Å². The van der Waals surface area contributed by atoms with Crippen molar-refractivity contribution < 1.29 is 9.90 Å². The zero-order chi connectivity index (χ0) is 21.1. The number of nitrogens with one attached hydrogen (secondary N) is 1. The maximum absolute atomic E-state index is 12.6. The molecule has 1 aliphatic rings. The van der Waals surface area contributed by atoms with Gasteiger partial charge in [0.15, 0.2) is 0 Å². The Balaban J connectivity index is 1.58. The number of likely N-dealkylation sites (N-methyl/N-ethyl adjacent to an activating group) is 1. The first-order valence-electron chi connectivity index (χ1n) is 9.84. The number of thiophene rings is 1. The van der Waals surface area contributed by atoms with Gasteiger partial charge in [-0.15, -0.1) is 11.3 Å². The lowest BCUT2D eigenvalue weighted by molar-refractivity contribution is -0.126. The van der Waals surface area contributed by atoms with Crippen molar-refractivity contribution in [2.24, 2.45) is 0 Å². The van der Waals surface area contributed by atoms with Crippen LogP contribution in [0.5, 0.6) is 0 Å². The summed E-state index contributed by atoms with van der Waals surface area (Å²) in [5.41, 5.74) is 2.08. The molecular weight excluding hydrogens is 398 g/mol. The molecule has 0 saturated heterocycles. The van der Waals surface area contributed by atoms with Crippen molar-refractivity contribution in [2.45, 2.75) is 19.1 Å². The maximum Gasteiger partial charge on any atom is 0.246 e. The molecule has 2 N–H and O–H groups in total. The lowest BCUT2D eigenvalue weighted by Crippen LogP contribution is -2.23. The van der Waals surface area contributed by atoms with Gasteiger partial charge < -0.3 is 20.2 Å². The zero-order valence-corrected chi connectivity index (χ0v) is 17.9. The molecule has 4 rings (SSSR count). The molecule has 3 aromatic rings. The number of anilines is 1. The van der Waals surface area contributed by atoms with Gasteiger partial charge in [-0.05, 0) is 19.7 Å². The third-order valence-corrected chi connectivity index (χ3v) is 6.22. The molecule has 30 heavy (non-hydrogen) atoms. The number of aliphatic hydroxyl groups excluding tert-OH is 1. The van der Waals surface area contributed by atoms with Crippen LogP contribution in [0.2, 0.25) is 0 Å². The van der Waals surface area contributed by atoms with E-state index in [-0.39, 0.29) is 18.6 Å². The van der Waals surface area contributed by atoms with Gasteiger partial charge in [-0.25, -0.2) is 9.97 Å². The normalized spacial score (nSPS) is 14.6. The van der Waals surface area contributed by atoms with E-state index in [0.717, 1.165) is 32.8 Å². The highest BCUT2D eigenvalue weighted by molar-refractivity contribution is 7.19. The summed E-state index contributed by atoms with van der Waals surface area (Å²) in [5, 5.41) is 14.2. The molecule has 1 atom stereocenters. The second-order valence-electron chi connectivity index (χ2n) is 7.56. The van der Waals surface area contributed by atoms with E-state index >= 15 is 0 Å². The first-order valence-corrected chi connectivity index (χ1v) is 10.7. The Morgan fingerprint density at radius 1 is 1.30 bits per heavy atom. The molecule has 1 aromatic carbocycles. The average molecular weight is 424 g/mol. The van der Waals surface area contributed by atoms with Gasteiger partial charge in [0, 0.05) is 29.6 Å². The number of nitrogens with zero attached hydrogens (tertiary/aromatic N) is 4. The molecule has 0 aliphatic carbocycles. The molecule has 1 unspecified atom stereocenters. The fourth-order valence-electron chi connectivity index (χ4n) is 3.57. The van der Waals surface area contributed by atoms with Gasteiger partial charge in [0.2, 0.25) is 5.91 Å². The Labute approximate surface area is 179 Å². The number of carbonyl (C=O) groups is 1. The summed E-state index contributed by atoms with van der Waals surface area (Å²) in [7, 11) is 3.94. The minimum atomic E-state index is -0.270. The summed E-state index contributed by atoms with van der Waals surface area (Å²) in [4.78, 5) is 27.4. The summed E-state index contributed by atoms with van der Waals surface area (Å²) in [6, 6.07) is 9.53. The summed E-state index contributed by atoms with van der Waals surface area (Å²) in [5.74, 6) is 0.704. The smallest absolute Gasteiger partial charge is 0.246 e. The van der Waals surface area contributed by atoms with E-state index in [4.69, 9.17) is 0 Å². The van der Waals surface area contributed by atoms with Crippen LogP contribution < -0.4 is 5.32 Å². The highest BCUT2D eigenvalue weighted by Gasteiger charge is 2.28. The maximum atomic E-state index is 12.6. The van der Waals surface area contributed by atoms with E-state index in [2.05, 4.69) is 15.3 Å². The largest absolute Gasteiger partial charge is 0.394 e. The number of rotatable bonds is 7. The number of aliphatic hydroxyl groups is 1. The van der Waals surface area contributed by atoms with Crippen molar-refractivity contribution in [3.05, 3.63) is 64.8 Å². The van der Waals surface area contributed by atoms with E-state index in [1.54, 1.807) is 23.7 Å². The molecule has 7 nitrogen and oxygen atoms in total. The second-order valence-corrected chi connectivity index (χ2v) is 8.64. The summed E-state index contributed by atoms with van der Waals surface area (Å²) in [6.45, 7) is 1.80. The molecule has 0 spiro atoms. The molecule has 3 heterocycles. The number of hydrogen-bond acceptors (Lipinski definition) is 7. The number of carbonyl (C=O) groups excluding carboxylic acids is 1. The number of fused-ring (bicyclic) bond motifs is 3. The number of hydrogen-bond donors (Lipinski definition) is 2. The highest BCUT2D eigenvalue weighted by Crippen LogP contribution is 2.40. The predicted molar refractivity (Wildman–Crippen MR) is 119 cm³/mol. The number of benzene rings is 1. The van der Waals surface area contributed by atoms with Crippen molar-refractivity contribution in [3.63, 3.8) is 0 Å². The third kappa shape index (κ3) is 4.21. The van der Waals surface area contributed by atoms with Gasteiger partial charge in [0.25, 0.3) is 0 Å². The van der Waals surface area contributed by atoms with Crippen LogP contribution in [-0.2, 0) is 17.9 Å². The van der Waals surface area contributed by atoms with Crippen LogP contribution in [0.25, 0.3) is 10.2 Å². The van der Waals surface area contributed by atoms with Crippen molar-refractivity contribution in [3.8, 4) is 0 Å². The molecule has 156 valence electrons. The van der Waals surface area contributed by atoms with Crippen LogP contribution in [0.15, 0.2) is 48.8 Å². The average Bonchev–Trinajstić information content (AvgIpc) is 3.30. The molecule has 1 aliphatic heterocycles. The summed E-state index contributed by atoms with van der Waals surface area (Å²) in [6.07, 6.45) is 5.07. The van der Waals surface area contributed by atoms with Crippen LogP contribution in [-0.4, -0.2) is 58.0 Å². The Bertz CT molecular complexity index is 1060. The fraction of sp³-hybridized carbons (Fsp3) is 0.318. The number of aromatic nitrogens is 2. The zero-order valence-electron chi connectivity index (χ0n) is 17.1. The highest BCUT2D eigenvalue weighted by atomic mass is 32.1. The van der Waals surface area contributed by atoms with Crippen LogP contribution in [0.4, 0.5) is 5.82 Å².